The lowest BCUT2D eigenvalue weighted by molar-refractivity contribution is 0.297. The zero-order chi connectivity index (χ0) is 16.3. The van der Waals surface area contributed by atoms with Gasteiger partial charge in [-0.05, 0) is 19.1 Å². The molecule has 0 unspecified atom stereocenters. The van der Waals surface area contributed by atoms with Crippen molar-refractivity contribution < 1.29 is 9.47 Å². The molecule has 0 aliphatic carbocycles. The number of aliphatic imine (C=N–C) groups is 1. The van der Waals surface area contributed by atoms with E-state index >= 15 is 0 Å². The summed E-state index contributed by atoms with van der Waals surface area (Å²) in [7, 11) is 0. The molecule has 0 radical (unpaired) electrons. The van der Waals surface area contributed by atoms with Gasteiger partial charge in [0.05, 0.1) is 19.8 Å². The zero-order valence-corrected chi connectivity index (χ0v) is 14.5. The lowest BCUT2D eigenvalue weighted by Gasteiger charge is -2.13. The molecule has 1 aromatic carbocycles. The average Bonchev–Trinajstić information content (AvgIpc) is 2.79. The zero-order valence-electron chi connectivity index (χ0n) is 13.6. The molecule has 5 nitrogen and oxygen atoms in total. The number of hydrogen-bond acceptors (Lipinski definition) is 4. The van der Waals surface area contributed by atoms with Crippen molar-refractivity contribution in [1.82, 2.24) is 5.32 Å². The SMILES string of the molecule is C=CCSCCN=C(NCC)Nc1ccc2c(c1)OCCCO2. The van der Waals surface area contributed by atoms with E-state index < -0.39 is 0 Å². The molecular formula is C17H25N3O2S. The number of anilines is 1. The van der Waals surface area contributed by atoms with E-state index in [4.69, 9.17) is 9.47 Å². The minimum atomic E-state index is 0.686. The minimum absolute atomic E-state index is 0.686. The summed E-state index contributed by atoms with van der Waals surface area (Å²) in [6.45, 7) is 8.73. The molecular weight excluding hydrogens is 310 g/mol. The first-order chi connectivity index (χ1) is 11.3. The van der Waals surface area contributed by atoms with Crippen LogP contribution in [0.4, 0.5) is 5.69 Å². The Kier molecular flexibility index (Phi) is 7.66. The molecule has 0 fully saturated rings. The number of fused-ring (bicyclic) bond motifs is 1. The number of benzene rings is 1. The number of nitrogens with one attached hydrogen (secondary N) is 2. The maximum atomic E-state index is 5.72. The predicted octanol–water partition coefficient (Wildman–Crippen LogP) is 3.14. The number of thioether (sulfide) groups is 1. The van der Waals surface area contributed by atoms with Crippen molar-refractivity contribution >= 4 is 23.4 Å². The summed E-state index contributed by atoms with van der Waals surface area (Å²) in [4.78, 5) is 4.58. The highest BCUT2D eigenvalue weighted by Gasteiger charge is 2.11. The van der Waals surface area contributed by atoms with Crippen molar-refractivity contribution in [3.8, 4) is 11.5 Å². The third-order valence-corrected chi connectivity index (χ3v) is 4.04. The molecule has 1 aliphatic rings. The van der Waals surface area contributed by atoms with E-state index in [2.05, 4.69) is 29.1 Å². The molecule has 0 amide bonds. The van der Waals surface area contributed by atoms with Crippen LogP contribution in [0.3, 0.4) is 0 Å². The topological polar surface area (TPSA) is 54.9 Å². The maximum Gasteiger partial charge on any atom is 0.195 e. The predicted molar refractivity (Wildman–Crippen MR) is 99.2 cm³/mol. The van der Waals surface area contributed by atoms with E-state index in [1.807, 2.05) is 36.0 Å². The second-order valence-electron chi connectivity index (χ2n) is 4.96. The smallest absolute Gasteiger partial charge is 0.195 e. The summed E-state index contributed by atoms with van der Waals surface area (Å²) in [5.74, 6) is 4.30. The van der Waals surface area contributed by atoms with Crippen LogP contribution < -0.4 is 20.1 Å². The summed E-state index contributed by atoms with van der Waals surface area (Å²) in [5.41, 5.74) is 0.938. The van der Waals surface area contributed by atoms with E-state index in [1.54, 1.807) is 0 Å². The van der Waals surface area contributed by atoms with Crippen molar-refractivity contribution in [3.63, 3.8) is 0 Å². The van der Waals surface area contributed by atoms with Gasteiger partial charge >= 0.3 is 0 Å². The molecule has 0 bridgehead atoms. The Balaban J connectivity index is 1.97. The third-order valence-electron chi connectivity index (χ3n) is 3.10. The maximum absolute atomic E-state index is 5.72. The van der Waals surface area contributed by atoms with Gasteiger partial charge in [-0.2, -0.15) is 11.8 Å². The van der Waals surface area contributed by atoms with Gasteiger partial charge in [-0.15, -0.1) is 6.58 Å². The van der Waals surface area contributed by atoms with Gasteiger partial charge in [0, 0.05) is 36.2 Å². The highest BCUT2D eigenvalue weighted by Crippen LogP contribution is 2.32. The number of nitrogens with zero attached hydrogens (tertiary/aromatic N) is 1. The van der Waals surface area contributed by atoms with Gasteiger partial charge in [-0.25, -0.2) is 0 Å². The van der Waals surface area contributed by atoms with Gasteiger partial charge in [0.1, 0.15) is 0 Å². The fourth-order valence-electron chi connectivity index (χ4n) is 2.07. The van der Waals surface area contributed by atoms with Crippen LogP contribution in [0, 0.1) is 0 Å². The van der Waals surface area contributed by atoms with Crippen molar-refractivity contribution in [2.24, 2.45) is 4.99 Å². The van der Waals surface area contributed by atoms with Crippen molar-refractivity contribution in [3.05, 3.63) is 30.9 Å². The van der Waals surface area contributed by atoms with Crippen molar-refractivity contribution in [1.29, 1.82) is 0 Å². The molecule has 2 N–H and O–H groups in total. The van der Waals surface area contributed by atoms with Gasteiger partial charge in [0.2, 0.25) is 0 Å². The minimum Gasteiger partial charge on any atom is -0.490 e. The van der Waals surface area contributed by atoms with Crippen LogP contribution in [0.15, 0.2) is 35.8 Å². The molecule has 0 atom stereocenters. The van der Waals surface area contributed by atoms with Gasteiger partial charge in [0.15, 0.2) is 17.5 Å². The first-order valence-electron chi connectivity index (χ1n) is 7.97. The Hall–Kier alpha value is -1.82. The van der Waals surface area contributed by atoms with E-state index in [0.717, 1.165) is 54.2 Å². The van der Waals surface area contributed by atoms with Crippen LogP contribution in [0.2, 0.25) is 0 Å². The Bertz CT molecular complexity index is 535. The number of guanidine groups is 1. The summed E-state index contributed by atoms with van der Waals surface area (Å²) < 4.78 is 11.4. The second kappa shape index (κ2) is 10.0. The van der Waals surface area contributed by atoms with E-state index in [-0.39, 0.29) is 0 Å². The van der Waals surface area contributed by atoms with Gasteiger partial charge in [-0.1, -0.05) is 6.08 Å². The molecule has 2 rings (SSSR count). The van der Waals surface area contributed by atoms with Gasteiger partial charge in [0.25, 0.3) is 0 Å². The monoisotopic (exact) mass is 335 g/mol. The van der Waals surface area contributed by atoms with Crippen LogP contribution in [-0.2, 0) is 0 Å². The molecule has 126 valence electrons. The van der Waals surface area contributed by atoms with E-state index in [9.17, 15) is 0 Å². The average molecular weight is 335 g/mol. The molecule has 0 saturated heterocycles. The molecule has 1 aliphatic heterocycles. The summed E-state index contributed by atoms with van der Waals surface area (Å²) in [6.07, 6.45) is 2.82. The first kappa shape index (κ1) is 17.5. The highest BCUT2D eigenvalue weighted by molar-refractivity contribution is 7.99. The van der Waals surface area contributed by atoms with E-state index in [1.165, 1.54) is 0 Å². The summed E-state index contributed by atoms with van der Waals surface area (Å²) in [6, 6.07) is 5.87. The number of rotatable bonds is 7. The van der Waals surface area contributed by atoms with Crippen molar-refractivity contribution in [2.45, 2.75) is 13.3 Å². The van der Waals surface area contributed by atoms with Gasteiger partial charge in [-0.3, -0.25) is 4.99 Å². The second-order valence-corrected chi connectivity index (χ2v) is 6.11. The third kappa shape index (κ3) is 6.06. The standard InChI is InChI=1S/C17H25N3O2S/c1-3-11-23-12-8-19-17(18-4-2)20-14-6-7-15-16(13-14)22-10-5-9-21-15/h3,6-7,13H,1,4-5,8-12H2,2H3,(H2,18,19,20). The molecule has 6 heteroatoms. The van der Waals surface area contributed by atoms with E-state index in [0.29, 0.717) is 13.2 Å². The first-order valence-corrected chi connectivity index (χ1v) is 9.12. The van der Waals surface area contributed by atoms with Crippen LogP contribution >= 0.6 is 11.8 Å². The largest absolute Gasteiger partial charge is 0.490 e. The Morgan fingerprint density at radius 1 is 1.35 bits per heavy atom. The van der Waals surface area contributed by atoms with Crippen LogP contribution in [0.25, 0.3) is 0 Å². The molecule has 1 aromatic rings. The molecule has 23 heavy (non-hydrogen) atoms. The summed E-state index contributed by atoms with van der Waals surface area (Å²) >= 11 is 1.82. The highest BCUT2D eigenvalue weighted by atomic mass is 32.2. The Morgan fingerprint density at radius 3 is 2.96 bits per heavy atom. The lowest BCUT2D eigenvalue weighted by Crippen LogP contribution is -2.30. The molecule has 0 aromatic heterocycles. The lowest BCUT2D eigenvalue weighted by atomic mass is 10.3. The molecule has 1 heterocycles. The Morgan fingerprint density at radius 2 is 2.17 bits per heavy atom. The molecule has 0 saturated carbocycles. The van der Waals surface area contributed by atoms with Crippen LogP contribution in [0.5, 0.6) is 11.5 Å². The van der Waals surface area contributed by atoms with Crippen LogP contribution in [0.1, 0.15) is 13.3 Å². The quantitative estimate of drug-likeness (QED) is 0.347. The Labute approximate surface area is 142 Å². The van der Waals surface area contributed by atoms with Crippen LogP contribution in [-0.4, -0.2) is 43.8 Å². The normalized spacial score (nSPS) is 14.0. The number of ether oxygens (including phenoxy) is 2. The summed E-state index contributed by atoms with van der Waals surface area (Å²) in [5, 5.41) is 6.57. The fourth-order valence-corrected chi connectivity index (χ4v) is 2.63. The molecule has 0 spiro atoms. The van der Waals surface area contributed by atoms with Crippen molar-refractivity contribution in [2.75, 3.05) is 43.1 Å². The van der Waals surface area contributed by atoms with Gasteiger partial charge < -0.3 is 20.1 Å². The number of hydrogen-bond donors (Lipinski definition) is 2. The fraction of sp³-hybridized carbons (Fsp3) is 0.471.